The Balaban J connectivity index is 2.18. The average Bonchev–Trinajstić information content (AvgIpc) is 2.66. The van der Waals surface area contributed by atoms with Crippen LogP contribution in [-0.2, 0) is 4.79 Å². The number of carbonyl (C=O) groups excluding carboxylic acids is 1. The molecule has 2 heterocycles. The van der Waals surface area contributed by atoms with Gasteiger partial charge in [0.2, 0.25) is 11.9 Å². The molecule has 0 aliphatic carbocycles. The minimum Gasteiger partial charge on any atom is -0.280 e. The molecular weight excluding hydrogens is 232 g/mol. The van der Waals surface area contributed by atoms with E-state index in [2.05, 4.69) is 20.0 Å². The van der Waals surface area contributed by atoms with E-state index < -0.39 is 0 Å². The summed E-state index contributed by atoms with van der Waals surface area (Å²) in [5, 5.41) is 3.51. The Morgan fingerprint density at radius 2 is 2.17 bits per heavy atom. The number of aromatic nitrogens is 2. The first-order valence-electron chi connectivity index (χ1n) is 5.73. The predicted octanol–water partition coefficient (Wildman–Crippen LogP) is 1.76. The highest BCUT2D eigenvalue weighted by Crippen LogP contribution is 2.22. The van der Waals surface area contributed by atoms with E-state index in [1.165, 1.54) is 0 Å². The van der Waals surface area contributed by atoms with Gasteiger partial charge in [-0.2, -0.15) is 0 Å². The summed E-state index contributed by atoms with van der Waals surface area (Å²) in [6.45, 7) is 4.59. The number of azide groups is 1. The molecule has 0 saturated carbocycles. The van der Waals surface area contributed by atoms with Crippen LogP contribution in [0.15, 0.2) is 11.2 Å². The molecular formula is C11H14N6O. The molecule has 7 heteroatoms. The van der Waals surface area contributed by atoms with Gasteiger partial charge in [-0.1, -0.05) is 5.11 Å². The van der Waals surface area contributed by atoms with Gasteiger partial charge in [-0.25, -0.2) is 9.97 Å². The number of nitrogens with zero attached hydrogens (tertiary/aromatic N) is 6. The topological polar surface area (TPSA) is 94.9 Å². The van der Waals surface area contributed by atoms with Crippen LogP contribution in [0.1, 0.15) is 17.8 Å². The first-order valence-corrected chi connectivity index (χ1v) is 5.73. The summed E-state index contributed by atoms with van der Waals surface area (Å²) in [6, 6.07) is 1.86. The van der Waals surface area contributed by atoms with Gasteiger partial charge >= 0.3 is 0 Å². The third kappa shape index (κ3) is 2.57. The SMILES string of the molecule is Cc1cc(C)nc(N2CC(CN=[N+]=[N-])CC2=O)n1. The first kappa shape index (κ1) is 12.3. The molecule has 0 radical (unpaired) electrons. The fourth-order valence-corrected chi connectivity index (χ4v) is 2.08. The number of rotatable bonds is 3. The zero-order chi connectivity index (χ0) is 13.1. The summed E-state index contributed by atoms with van der Waals surface area (Å²) < 4.78 is 0. The van der Waals surface area contributed by atoms with Crippen LogP contribution >= 0.6 is 0 Å². The highest BCUT2D eigenvalue weighted by atomic mass is 16.2. The molecule has 1 aliphatic heterocycles. The van der Waals surface area contributed by atoms with Gasteiger partial charge in [0.1, 0.15) is 0 Å². The first-order chi connectivity index (χ1) is 8.60. The molecule has 1 fully saturated rings. The molecule has 7 nitrogen and oxygen atoms in total. The van der Waals surface area contributed by atoms with Crippen LogP contribution in [-0.4, -0.2) is 29.0 Å². The molecule has 2 rings (SSSR count). The van der Waals surface area contributed by atoms with Crippen LogP contribution in [0.2, 0.25) is 0 Å². The maximum absolute atomic E-state index is 11.9. The Kier molecular flexibility index (Phi) is 3.43. The summed E-state index contributed by atoms with van der Waals surface area (Å²) in [4.78, 5) is 24.7. The van der Waals surface area contributed by atoms with Gasteiger partial charge in [-0.05, 0) is 31.4 Å². The van der Waals surface area contributed by atoms with Crippen LogP contribution in [0.25, 0.3) is 10.4 Å². The zero-order valence-electron chi connectivity index (χ0n) is 10.4. The maximum atomic E-state index is 11.9. The lowest BCUT2D eigenvalue weighted by atomic mass is 10.1. The summed E-state index contributed by atoms with van der Waals surface area (Å²) in [5.74, 6) is 0.483. The summed E-state index contributed by atoms with van der Waals surface area (Å²) in [7, 11) is 0. The second-order valence-electron chi connectivity index (χ2n) is 4.44. The highest BCUT2D eigenvalue weighted by Gasteiger charge is 2.31. The van der Waals surface area contributed by atoms with Crippen molar-refractivity contribution in [1.82, 2.24) is 9.97 Å². The molecule has 94 valence electrons. The number of anilines is 1. The van der Waals surface area contributed by atoms with E-state index in [-0.39, 0.29) is 11.8 Å². The predicted molar refractivity (Wildman–Crippen MR) is 66.0 cm³/mol. The molecule has 1 saturated heterocycles. The maximum Gasteiger partial charge on any atom is 0.232 e. The summed E-state index contributed by atoms with van der Waals surface area (Å²) in [5.41, 5.74) is 9.96. The van der Waals surface area contributed by atoms with Crippen LogP contribution in [0.3, 0.4) is 0 Å². The number of amides is 1. The fourth-order valence-electron chi connectivity index (χ4n) is 2.08. The average molecular weight is 246 g/mol. The molecule has 1 aliphatic rings. The molecule has 1 aromatic heterocycles. The lowest BCUT2D eigenvalue weighted by Crippen LogP contribution is -2.27. The molecule has 0 N–H and O–H groups in total. The van der Waals surface area contributed by atoms with Crippen molar-refractivity contribution in [3.05, 3.63) is 27.9 Å². The van der Waals surface area contributed by atoms with Crippen LogP contribution < -0.4 is 4.90 Å². The standard InChI is InChI=1S/C11H14N6O/c1-7-3-8(2)15-11(14-7)17-6-9(4-10(17)18)5-13-16-12/h3,9H,4-6H2,1-2H3. The number of hydrogen-bond donors (Lipinski definition) is 0. The van der Waals surface area contributed by atoms with Gasteiger partial charge in [0.25, 0.3) is 0 Å². The molecule has 1 aromatic rings. The van der Waals surface area contributed by atoms with Gasteiger partial charge in [-0.15, -0.1) is 0 Å². The van der Waals surface area contributed by atoms with E-state index in [1.807, 2.05) is 19.9 Å². The monoisotopic (exact) mass is 246 g/mol. The molecule has 1 amide bonds. The lowest BCUT2D eigenvalue weighted by molar-refractivity contribution is -0.117. The highest BCUT2D eigenvalue weighted by molar-refractivity contribution is 5.94. The van der Waals surface area contributed by atoms with Gasteiger partial charge < -0.3 is 0 Å². The Morgan fingerprint density at radius 1 is 1.50 bits per heavy atom. The van der Waals surface area contributed by atoms with E-state index in [1.54, 1.807) is 4.90 Å². The molecule has 1 unspecified atom stereocenters. The summed E-state index contributed by atoms with van der Waals surface area (Å²) >= 11 is 0. The second kappa shape index (κ2) is 5.01. The van der Waals surface area contributed by atoms with Crippen molar-refractivity contribution >= 4 is 11.9 Å². The Hall–Kier alpha value is -2.14. The van der Waals surface area contributed by atoms with E-state index in [4.69, 9.17) is 5.53 Å². The van der Waals surface area contributed by atoms with E-state index in [9.17, 15) is 4.79 Å². The minimum absolute atomic E-state index is 0.0156. The quantitative estimate of drug-likeness (QED) is 0.462. The van der Waals surface area contributed by atoms with Gasteiger partial charge in [0.15, 0.2) is 0 Å². The van der Waals surface area contributed by atoms with Crippen molar-refractivity contribution in [1.29, 1.82) is 0 Å². The van der Waals surface area contributed by atoms with Crippen molar-refractivity contribution in [2.24, 2.45) is 11.0 Å². The number of hydrogen-bond acceptors (Lipinski definition) is 4. The minimum atomic E-state index is -0.0156. The normalized spacial score (nSPS) is 18.9. The van der Waals surface area contributed by atoms with Crippen LogP contribution in [0.5, 0.6) is 0 Å². The molecule has 0 spiro atoms. The van der Waals surface area contributed by atoms with Crippen molar-refractivity contribution in [2.45, 2.75) is 20.3 Å². The molecule has 1 atom stereocenters. The number of aryl methyl sites for hydroxylation is 2. The van der Waals surface area contributed by atoms with E-state index in [0.29, 0.717) is 25.5 Å². The van der Waals surface area contributed by atoms with Gasteiger partial charge in [-0.3, -0.25) is 9.69 Å². The van der Waals surface area contributed by atoms with E-state index >= 15 is 0 Å². The summed E-state index contributed by atoms with van der Waals surface area (Å²) in [6.07, 6.45) is 0.384. The lowest BCUT2D eigenvalue weighted by Gasteiger charge is -2.15. The second-order valence-corrected chi connectivity index (χ2v) is 4.44. The fraction of sp³-hybridized carbons (Fsp3) is 0.545. The van der Waals surface area contributed by atoms with Crippen molar-refractivity contribution < 1.29 is 4.79 Å². The third-order valence-corrected chi connectivity index (χ3v) is 2.82. The largest absolute Gasteiger partial charge is 0.280 e. The smallest absolute Gasteiger partial charge is 0.232 e. The Bertz CT molecular complexity index is 502. The molecule has 0 aromatic carbocycles. The Labute approximate surface area is 104 Å². The van der Waals surface area contributed by atoms with Crippen LogP contribution in [0, 0.1) is 19.8 Å². The van der Waals surface area contributed by atoms with Gasteiger partial charge in [0, 0.05) is 35.8 Å². The Morgan fingerprint density at radius 3 is 2.78 bits per heavy atom. The van der Waals surface area contributed by atoms with Crippen molar-refractivity contribution in [2.75, 3.05) is 18.0 Å². The van der Waals surface area contributed by atoms with E-state index in [0.717, 1.165) is 11.4 Å². The molecule has 18 heavy (non-hydrogen) atoms. The zero-order valence-corrected chi connectivity index (χ0v) is 10.4. The molecule has 0 bridgehead atoms. The van der Waals surface area contributed by atoms with Crippen molar-refractivity contribution in [3.63, 3.8) is 0 Å². The third-order valence-electron chi connectivity index (χ3n) is 2.82. The van der Waals surface area contributed by atoms with Crippen molar-refractivity contribution in [3.8, 4) is 0 Å². The number of carbonyl (C=O) groups is 1. The van der Waals surface area contributed by atoms with Crippen LogP contribution in [0.4, 0.5) is 5.95 Å². The van der Waals surface area contributed by atoms with Gasteiger partial charge in [0.05, 0.1) is 0 Å².